The van der Waals surface area contributed by atoms with Gasteiger partial charge in [-0.1, -0.05) is 109 Å². The first kappa shape index (κ1) is 27.2. The van der Waals surface area contributed by atoms with Gasteiger partial charge in [-0.15, -0.1) is 0 Å². The van der Waals surface area contributed by atoms with Crippen molar-refractivity contribution in [2.75, 3.05) is 0 Å². The number of hydrogen-bond acceptors (Lipinski definition) is 3. The predicted molar refractivity (Wildman–Crippen MR) is 205 cm³/mol. The molecule has 0 aliphatic carbocycles. The number of benzene rings is 8. The maximum atomic E-state index is 6.78. The lowest BCUT2D eigenvalue weighted by molar-refractivity contribution is 0.487. The van der Waals surface area contributed by atoms with E-state index in [0.717, 1.165) is 66.8 Å². The highest BCUT2D eigenvalue weighted by molar-refractivity contribution is 6.14. The van der Waals surface area contributed by atoms with Crippen molar-refractivity contribution in [1.82, 2.24) is 14.5 Å². The van der Waals surface area contributed by atoms with Gasteiger partial charge in [-0.2, -0.15) is 0 Å². The molecule has 4 heteroatoms. The molecule has 0 saturated carbocycles. The largest absolute Gasteiger partial charge is 0.456 e. The Kier molecular flexibility index (Phi) is 5.63. The molecule has 11 rings (SSSR count). The minimum absolute atomic E-state index is 0.700. The Balaban J connectivity index is 1.09. The molecule has 0 saturated heterocycles. The van der Waals surface area contributed by atoms with Gasteiger partial charge in [0.15, 0.2) is 5.82 Å². The van der Waals surface area contributed by atoms with Gasteiger partial charge in [-0.05, 0) is 70.3 Å². The third kappa shape index (κ3) is 3.93. The molecule has 8 aromatic carbocycles. The highest BCUT2D eigenvalue weighted by Gasteiger charge is 2.24. The fraction of sp³-hybridized carbons (Fsp3) is 0. The Morgan fingerprint density at radius 3 is 2.08 bits per heavy atom. The van der Waals surface area contributed by atoms with Crippen molar-refractivity contribution in [3.8, 4) is 51.0 Å². The molecule has 0 radical (unpaired) electrons. The van der Waals surface area contributed by atoms with Crippen molar-refractivity contribution < 1.29 is 4.74 Å². The molecule has 1 aliphatic heterocycles. The van der Waals surface area contributed by atoms with Crippen molar-refractivity contribution in [3.63, 3.8) is 0 Å². The van der Waals surface area contributed by atoms with Crippen LogP contribution in [0.1, 0.15) is 0 Å². The molecule has 0 amide bonds. The van der Waals surface area contributed by atoms with Crippen LogP contribution in [-0.2, 0) is 0 Å². The van der Waals surface area contributed by atoms with E-state index in [1.54, 1.807) is 0 Å². The van der Waals surface area contributed by atoms with Gasteiger partial charge in [0.05, 0.1) is 22.2 Å². The van der Waals surface area contributed by atoms with Crippen LogP contribution in [0, 0.1) is 0 Å². The van der Waals surface area contributed by atoms with E-state index in [9.17, 15) is 0 Å². The van der Waals surface area contributed by atoms with Crippen LogP contribution in [0.15, 0.2) is 164 Å². The van der Waals surface area contributed by atoms with Crippen molar-refractivity contribution in [3.05, 3.63) is 164 Å². The van der Waals surface area contributed by atoms with Crippen LogP contribution >= 0.6 is 0 Å². The second-order valence-electron chi connectivity index (χ2n) is 13.0. The van der Waals surface area contributed by atoms with E-state index in [2.05, 4.69) is 150 Å². The molecule has 2 aromatic heterocycles. The number of para-hydroxylation sites is 2. The molecule has 232 valence electrons. The average molecular weight is 638 g/mol. The second-order valence-corrected chi connectivity index (χ2v) is 13.0. The molecule has 0 N–H and O–H groups in total. The van der Waals surface area contributed by atoms with Gasteiger partial charge in [0.1, 0.15) is 11.5 Å². The second kappa shape index (κ2) is 10.4. The van der Waals surface area contributed by atoms with Crippen LogP contribution < -0.4 is 4.74 Å². The van der Waals surface area contributed by atoms with E-state index < -0.39 is 0 Å². The average Bonchev–Trinajstić information content (AvgIpc) is 3.50. The van der Waals surface area contributed by atoms with E-state index in [4.69, 9.17) is 14.7 Å². The Morgan fingerprint density at radius 1 is 0.440 bits per heavy atom. The van der Waals surface area contributed by atoms with Gasteiger partial charge in [0.2, 0.25) is 0 Å². The van der Waals surface area contributed by atoms with Crippen LogP contribution in [0.25, 0.3) is 93.7 Å². The number of hydrogen-bond donors (Lipinski definition) is 0. The summed E-state index contributed by atoms with van der Waals surface area (Å²) in [6.45, 7) is 0. The summed E-state index contributed by atoms with van der Waals surface area (Å²) in [6, 6.07) is 57.7. The zero-order chi connectivity index (χ0) is 32.8. The van der Waals surface area contributed by atoms with Crippen molar-refractivity contribution >= 4 is 54.3 Å². The molecule has 1 aliphatic rings. The van der Waals surface area contributed by atoms with Crippen LogP contribution in [0.2, 0.25) is 0 Å². The summed E-state index contributed by atoms with van der Waals surface area (Å²) < 4.78 is 9.15. The highest BCUT2D eigenvalue weighted by atomic mass is 16.5. The zero-order valence-electron chi connectivity index (χ0n) is 26.8. The monoisotopic (exact) mass is 637 g/mol. The summed E-state index contributed by atoms with van der Waals surface area (Å²) in [5.41, 5.74) is 9.53. The van der Waals surface area contributed by atoms with E-state index >= 15 is 0 Å². The fourth-order valence-electron chi connectivity index (χ4n) is 7.90. The summed E-state index contributed by atoms with van der Waals surface area (Å²) in [5.74, 6) is 2.38. The van der Waals surface area contributed by atoms with Crippen molar-refractivity contribution in [2.24, 2.45) is 0 Å². The Bertz CT molecular complexity index is 3010. The predicted octanol–water partition coefficient (Wildman–Crippen LogP) is 12.1. The maximum Gasteiger partial charge on any atom is 0.161 e. The number of aromatic nitrogens is 3. The van der Waals surface area contributed by atoms with Gasteiger partial charge in [-0.3, -0.25) is 0 Å². The van der Waals surface area contributed by atoms with E-state index in [-0.39, 0.29) is 0 Å². The molecule has 0 bridgehead atoms. The van der Waals surface area contributed by atoms with Gasteiger partial charge in [0, 0.05) is 50.0 Å². The Hall–Kier alpha value is -6.78. The topological polar surface area (TPSA) is 39.9 Å². The Morgan fingerprint density at radius 2 is 1.18 bits per heavy atom. The molecule has 0 unspecified atom stereocenters. The zero-order valence-corrected chi connectivity index (χ0v) is 26.8. The molecule has 0 fully saturated rings. The van der Waals surface area contributed by atoms with E-state index in [1.165, 1.54) is 32.6 Å². The summed E-state index contributed by atoms with van der Waals surface area (Å²) >= 11 is 0. The molecular weight excluding hydrogens is 611 g/mol. The first-order chi connectivity index (χ1) is 24.8. The molecular formula is C46H27N3O. The lowest BCUT2D eigenvalue weighted by Crippen LogP contribution is -2.01. The quantitative estimate of drug-likeness (QED) is 0.193. The number of ether oxygens (including phenoxy) is 1. The fourth-order valence-corrected chi connectivity index (χ4v) is 7.90. The lowest BCUT2D eigenvalue weighted by Gasteiger charge is -2.23. The third-order valence-corrected chi connectivity index (χ3v) is 10.2. The van der Waals surface area contributed by atoms with Crippen LogP contribution in [0.3, 0.4) is 0 Å². The van der Waals surface area contributed by atoms with Gasteiger partial charge < -0.3 is 9.30 Å². The van der Waals surface area contributed by atoms with E-state index in [0.29, 0.717) is 5.82 Å². The molecule has 4 nitrogen and oxygen atoms in total. The molecule has 0 atom stereocenters. The van der Waals surface area contributed by atoms with Crippen molar-refractivity contribution in [1.29, 1.82) is 0 Å². The van der Waals surface area contributed by atoms with Crippen molar-refractivity contribution in [2.45, 2.75) is 0 Å². The normalized spacial score (nSPS) is 12.2. The summed E-state index contributed by atoms with van der Waals surface area (Å²) in [6.07, 6.45) is 0. The number of rotatable bonds is 3. The third-order valence-electron chi connectivity index (χ3n) is 10.2. The lowest BCUT2D eigenvalue weighted by atomic mass is 9.92. The molecule has 10 aromatic rings. The van der Waals surface area contributed by atoms with E-state index in [1.807, 2.05) is 18.2 Å². The van der Waals surface area contributed by atoms with Gasteiger partial charge in [-0.25, -0.2) is 9.97 Å². The van der Waals surface area contributed by atoms with Gasteiger partial charge >= 0.3 is 0 Å². The molecule has 50 heavy (non-hydrogen) atoms. The van der Waals surface area contributed by atoms with Crippen LogP contribution in [0.4, 0.5) is 0 Å². The smallest absolute Gasteiger partial charge is 0.161 e. The Labute approximate surface area is 287 Å². The first-order valence-electron chi connectivity index (χ1n) is 16.9. The standard InChI is InChI=1S/C46H27N3O/c1-2-11-28(12-3-1)45-37-16-6-8-19-39(37)47-46(48-45)36-23-24-42-44-34(17-10-18-35(36)44)33-22-21-31(27-43(33)50-42)49-40-20-9-7-15-32(40)38-25-29-13-4-5-14-30(29)26-41(38)49/h1-27H. The summed E-state index contributed by atoms with van der Waals surface area (Å²) in [4.78, 5) is 10.3. The van der Waals surface area contributed by atoms with Crippen LogP contribution in [0.5, 0.6) is 11.5 Å². The number of fused-ring (bicyclic) bond motifs is 7. The maximum absolute atomic E-state index is 6.78. The summed E-state index contributed by atoms with van der Waals surface area (Å²) in [5, 5.41) is 8.12. The molecule has 3 heterocycles. The first-order valence-corrected chi connectivity index (χ1v) is 16.9. The summed E-state index contributed by atoms with van der Waals surface area (Å²) in [7, 11) is 0. The minimum Gasteiger partial charge on any atom is -0.456 e. The molecule has 0 spiro atoms. The highest BCUT2D eigenvalue weighted by Crippen LogP contribution is 2.49. The van der Waals surface area contributed by atoms with Crippen LogP contribution in [-0.4, -0.2) is 14.5 Å². The number of nitrogens with zero attached hydrogens (tertiary/aromatic N) is 3. The SMILES string of the molecule is c1ccc(-c2nc(-c3ccc4c5c(cccc35)-c3ccc(-n5c6ccccc6c6cc7ccccc7cc65)cc3O4)nc3ccccc23)cc1. The minimum atomic E-state index is 0.700. The van der Waals surface area contributed by atoms with Gasteiger partial charge in [0.25, 0.3) is 0 Å².